The van der Waals surface area contributed by atoms with Gasteiger partial charge in [-0.3, -0.25) is 4.79 Å². The van der Waals surface area contributed by atoms with E-state index >= 15 is 0 Å². The van der Waals surface area contributed by atoms with Gasteiger partial charge in [-0.25, -0.2) is 4.79 Å². The van der Waals surface area contributed by atoms with Crippen molar-refractivity contribution in [3.05, 3.63) is 24.2 Å². The van der Waals surface area contributed by atoms with Crippen molar-refractivity contribution >= 4 is 12.0 Å². The highest BCUT2D eigenvalue weighted by Gasteiger charge is 2.43. The SMILES string of the molecule is O=C(O)CC1CC2CCC(C1)N2C(=O)NCc1ccco1. The Kier molecular flexibility index (Phi) is 3.86. The highest BCUT2D eigenvalue weighted by Crippen LogP contribution is 2.39. The summed E-state index contributed by atoms with van der Waals surface area (Å²) in [5, 5.41) is 11.8. The van der Waals surface area contributed by atoms with E-state index in [9.17, 15) is 9.59 Å². The van der Waals surface area contributed by atoms with Gasteiger partial charge in [-0.15, -0.1) is 0 Å². The largest absolute Gasteiger partial charge is 0.481 e. The fourth-order valence-corrected chi connectivity index (χ4v) is 3.70. The predicted molar refractivity (Wildman–Crippen MR) is 74.6 cm³/mol. The summed E-state index contributed by atoms with van der Waals surface area (Å²) in [6.07, 6.45) is 5.37. The fraction of sp³-hybridized carbons (Fsp3) is 0.600. The molecule has 2 amide bonds. The fourth-order valence-electron chi connectivity index (χ4n) is 3.70. The normalized spacial score (nSPS) is 27.6. The molecule has 0 radical (unpaired) electrons. The smallest absolute Gasteiger partial charge is 0.318 e. The van der Waals surface area contributed by atoms with Gasteiger partial charge >= 0.3 is 12.0 Å². The topological polar surface area (TPSA) is 82.8 Å². The van der Waals surface area contributed by atoms with Gasteiger partial charge in [0.2, 0.25) is 0 Å². The molecule has 2 aliphatic rings. The van der Waals surface area contributed by atoms with E-state index in [1.807, 2.05) is 11.0 Å². The minimum atomic E-state index is -0.741. The van der Waals surface area contributed by atoms with Crippen LogP contribution in [-0.2, 0) is 11.3 Å². The van der Waals surface area contributed by atoms with Gasteiger partial charge in [-0.2, -0.15) is 0 Å². The second kappa shape index (κ2) is 5.79. The molecule has 2 fully saturated rings. The van der Waals surface area contributed by atoms with Crippen LogP contribution in [0.5, 0.6) is 0 Å². The molecule has 21 heavy (non-hydrogen) atoms. The summed E-state index contributed by atoms with van der Waals surface area (Å²) in [5.41, 5.74) is 0. The molecule has 114 valence electrons. The van der Waals surface area contributed by atoms with E-state index in [4.69, 9.17) is 9.52 Å². The van der Waals surface area contributed by atoms with Gasteiger partial charge in [-0.05, 0) is 43.7 Å². The number of furan rings is 1. The Bertz CT molecular complexity index is 500. The maximum Gasteiger partial charge on any atom is 0.318 e. The zero-order valence-corrected chi connectivity index (χ0v) is 11.8. The molecule has 0 spiro atoms. The summed E-state index contributed by atoms with van der Waals surface area (Å²) < 4.78 is 5.20. The highest BCUT2D eigenvalue weighted by atomic mass is 16.4. The Hall–Kier alpha value is -1.98. The van der Waals surface area contributed by atoms with Crippen molar-refractivity contribution in [3.63, 3.8) is 0 Å². The van der Waals surface area contributed by atoms with Crippen LogP contribution in [0, 0.1) is 5.92 Å². The third-order valence-electron chi connectivity index (χ3n) is 4.52. The summed E-state index contributed by atoms with van der Waals surface area (Å²) in [6, 6.07) is 3.93. The van der Waals surface area contributed by atoms with E-state index in [1.54, 1.807) is 12.3 Å². The molecular formula is C15H20N2O4. The van der Waals surface area contributed by atoms with Gasteiger partial charge in [0.15, 0.2) is 0 Å². The van der Waals surface area contributed by atoms with Crippen LogP contribution in [0.2, 0.25) is 0 Å². The van der Waals surface area contributed by atoms with Crippen molar-refractivity contribution in [1.82, 2.24) is 10.2 Å². The minimum absolute atomic E-state index is 0.0623. The lowest BCUT2D eigenvalue weighted by Crippen LogP contribution is -2.50. The van der Waals surface area contributed by atoms with Crippen LogP contribution in [-0.4, -0.2) is 34.1 Å². The number of hydrogen-bond donors (Lipinski definition) is 2. The summed E-state index contributed by atoms with van der Waals surface area (Å²) in [4.78, 5) is 25.1. The van der Waals surface area contributed by atoms with E-state index in [0.29, 0.717) is 6.54 Å². The Morgan fingerprint density at radius 2 is 2.05 bits per heavy atom. The van der Waals surface area contributed by atoms with Crippen LogP contribution in [0.1, 0.15) is 37.9 Å². The van der Waals surface area contributed by atoms with Gasteiger partial charge in [-0.1, -0.05) is 0 Å². The molecule has 1 aromatic rings. The first-order valence-corrected chi connectivity index (χ1v) is 7.44. The molecule has 3 heterocycles. The zero-order chi connectivity index (χ0) is 14.8. The molecule has 2 unspecified atom stereocenters. The summed E-state index contributed by atoms with van der Waals surface area (Å²) in [5.74, 6) is 0.195. The Labute approximate surface area is 123 Å². The van der Waals surface area contributed by atoms with E-state index < -0.39 is 5.97 Å². The first-order chi connectivity index (χ1) is 10.1. The number of nitrogens with one attached hydrogen (secondary N) is 1. The first-order valence-electron chi connectivity index (χ1n) is 7.44. The second-order valence-corrected chi connectivity index (χ2v) is 5.97. The molecular weight excluding hydrogens is 272 g/mol. The molecule has 2 saturated heterocycles. The third-order valence-corrected chi connectivity index (χ3v) is 4.52. The number of carboxylic acids is 1. The Morgan fingerprint density at radius 1 is 1.33 bits per heavy atom. The molecule has 2 bridgehead atoms. The molecule has 2 atom stereocenters. The summed E-state index contributed by atoms with van der Waals surface area (Å²) in [7, 11) is 0. The van der Waals surface area contributed by atoms with Crippen LogP contribution in [0.25, 0.3) is 0 Å². The number of amides is 2. The van der Waals surface area contributed by atoms with Crippen LogP contribution in [0.3, 0.4) is 0 Å². The number of hydrogen-bond acceptors (Lipinski definition) is 3. The van der Waals surface area contributed by atoms with Crippen molar-refractivity contribution in [1.29, 1.82) is 0 Å². The lowest BCUT2D eigenvalue weighted by molar-refractivity contribution is -0.138. The van der Waals surface area contributed by atoms with Crippen LogP contribution in [0.4, 0.5) is 4.79 Å². The van der Waals surface area contributed by atoms with E-state index in [2.05, 4.69) is 5.32 Å². The number of fused-ring (bicyclic) bond motifs is 2. The lowest BCUT2D eigenvalue weighted by atomic mass is 9.88. The summed E-state index contributed by atoms with van der Waals surface area (Å²) >= 11 is 0. The minimum Gasteiger partial charge on any atom is -0.481 e. The maximum absolute atomic E-state index is 12.3. The zero-order valence-electron chi connectivity index (χ0n) is 11.8. The van der Waals surface area contributed by atoms with Gasteiger partial charge in [0.05, 0.1) is 12.8 Å². The molecule has 3 rings (SSSR count). The van der Waals surface area contributed by atoms with Gasteiger partial charge in [0.25, 0.3) is 0 Å². The monoisotopic (exact) mass is 292 g/mol. The number of aliphatic carboxylic acids is 1. The van der Waals surface area contributed by atoms with Crippen LogP contribution in [0.15, 0.2) is 22.8 Å². The molecule has 0 saturated carbocycles. The third kappa shape index (κ3) is 3.04. The summed E-state index contributed by atoms with van der Waals surface area (Å²) in [6.45, 7) is 0.389. The number of nitrogens with zero attached hydrogens (tertiary/aromatic N) is 1. The molecule has 6 heteroatoms. The highest BCUT2D eigenvalue weighted by molar-refractivity contribution is 5.75. The quantitative estimate of drug-likeness (QED) is 0.891. The number of carboxylic acid groups (broad SMARTS) is 1. The molecule has 2 N–H and O–H groups in total. The van der Waals surface area contributed by atoms with E-state index in [-0.39, 0.29) is 30.5 Å². The average Bonchev–Trinajstić information content (AvgIpc) is 3.02. The van der Waals surface area contributed by atoms with Crippen molar-refractivity contribution in [2.75, 3.05) is 0 Å². The van der Waals surface area contributed by atoms with Crippen molar-refractivity contribution < 1.29 is 19.1 Å². The van der Waals surface area contributed by atoms with Crippen molar-refractivity contribution in [2.45, 2.75) is 50.7 Å². The molecule has 0 aromatic carbocycles. The van der Waals surface area contributed by atoms with Gasteiger partial charge < -0.3 is 19.7 Å². The molecule has 0 aliphatic carbocycles. The van der Waals surface area contributed by atoms with Crippen molar-refractivity contribution in [2.24, 2.45) is 5.92 Å². The number of carbonyl (C=O) groups is 2. The second-order valence-electron chi connectivity index (χ2n) is 5.97. The standard InChI is InChI=1S/C15H20N2O4/c18-14(19)8-10-6-11-3-4-12(7-10)17(11)15(20)16-9-13-2-1-5-21-13/h1-2,5,10-12H,3-4,6-9H2,(H,16,20)(H,18,19). The Balaban J connectivity index is 1.57. The first kappa shape index (κ1) is 14.0. The predicted octanol–water partition coefficient (Wildman–Crippen LogP) is 2.21. The lowest BCUT2D eigenvalue weighted by Gasteiger charge is -2.38. The molecule has 6 nitrogen and oxygen atoms in total. The molecule has 1 aromatic heterocycles. The Morgan fingerprint density at radius 3 is 2.62 bits per heavy atom. The number of carbonyl (C=O) groups excluding carboxylic acids is 1. The van der Waals surface area contributed by atoms with Crippen LogP contribution < -0.4 is 5.32 Å². The van der Waals surface area contributed by atoms with Crippen LogP contribution >= 0.6 is 0 Å². The van der Waals surface area contributed by atoms with Crippen molar-refractivity contribution in [3.8, 4) is 0 Å². The van der Waals surface area contributed by atoms with Gasteiger partial charge in [0.1, 0.15) is 5.76 Å². The number of piperidine rings is 1. The van der Waals surface area contributed by atoms with Gasteiger partial charge in [0, 0.05) is 18.5 Å². The average molecular weight is 292 g/mol. The van der Waals surface area contributed by atoms with E-state index in [1.165, 1.54) is 0 Å². The molecule has 2 aliphatic heterocycles. The van der Waals surface area contributed by atoms with E-state index in [0.717, 1.165) is 31.4 Å². The maximum atomic E-state index is 12.3. The number of urea groups is 1. The number of rotatable bonds is 4.